The molecule has 0 saturated heterocycles. The molecule has 0 unspecified atom stereocenters. The van der Waals surface area contributed by atoms with Gasteiger partial charge in [0, 0.05) is 21.5 Å². The van der Waals surface area contributed by atoms with Gasteiger partial charge in [0.25, 0.3) is 0 Å². The first-order valence-corrected chi connectivity index (χ1v) is 12.6. The molecule has 35 heavy (non-hydrogen) atoms. The second kappa shape index (κ2) is 7.71. The summed E-state index contributed by atoms with van der Waals surface area (Å²) >= 11 is 0. The molecule has 0 saturated carbocycles. The second-order valence-corrected chi connectivity index (χ2v) is 9.69. The third-order valence-electron chi connectivity index (χ3n) is 7.62. The molecular weight excluding hydrogens is 422 g/mol. The number of rotatable bonds is 4. The Hall–Kier alpha value is -4.10. The van der Waals surface area contributed by atoms with Crippen molar-refractivity contribution in [1.29, 1.82) is 0 Å². The van der Waals surface area contributed by atoms with Gasteiger partial charge in [0.15, 0.2) is 0 Å². The third-order valence-corrected chi connectivity index (χ3v) is 7.62. The smallest absolute Gasteiger partial charge is 0.0623 e. The van der Waals surface area contributed by atoms with E-state index >= 15 is 0 Å². The van der Waals surface area contributed by atoms with E-state index in [1.165, 1.54) is 71.5 Å². The third kappa shape index (κ3) is 2.88. The maximum absolute atomic E-state index is 2.49. The highest BCUT2D eigenvalue weighted by Crippen LogP contribution is 2.45. The molecule has 0 fully saturated rings. The molecule has 1 nitrogen and oxygen atoms in total. The minimum Gasteiger partial charge on any atom is -0.308 e. The van der Waals surface area contributed by atoms with Crippen LogP contribution < -0.4 is 0 Å². The Morgan fingerprint density at radius 3 is 2.06 bits per heavy atom. The van der Waals surface area contributed by atoms with Crippen LogP contribution in [0.5, 0.6) is 0 Å². The Bertz CT molecular complexity index is 1850. The van der Waals surface area contributed by atoms with Gasteiger partial charge >= 0.3 is 0 Å². The number of benzene rings is 5. The lowest BCUT2D eigenvalue weighted by atomic mass is 9.87. The zero-order valence-electron chi connectivity index (χ0n) is 20.2. The molecule has 2 heterocycles. The number of para-hydroxylation sites is 2. The van der Waals surface area contributed by atoms with E-state index in [1.54, 1.807) is 0 Å². The van der Waals surface area contributed by atoms with E-state index < -0.39 is 0 Å². The van der Waals surface area contributed by atoms with Crippen LogP contribution in [0.2, 0.25) is 0 Å². The van der Waals surface area contributed by atoms with Gasteiger partial charge in [-0.15, -0.1) is 0 Å². The summed E-state index contributed by atoms with van der Waals surface area (Å²) in [4.78, 5) is 0. The van der Waals surface area contributed by atoms with Crippen molar-refractivity contribution in [1.82, 2.24) is 4.40 Å². The van der Waals surface area contributed by atoms with Gasteiger partial charge in [-0.25, -0.2) is 0 Å². The quantitative estimate of drug-likeness (QED) is 0.252. The minimum atomic E-state index is 1.06. The average Bonchev–Trinajstić information content (AvgIpc) is 3.42. The SMILES string of the molecule is CCCc1c(-c2cc(-c3ccccc3)ccc2C)cc2c3ccccc3n3c4ccccc4c1c23. The Balaban J connectivity index is 1.66. The van der Waals surface area contributed by atoms with E-state index in [9.17, 15) is 0 Å². The summed E-state index contributed by atoms with van der Waals surface area (Å²) in [5, 5.41) is 5.47. The monoisotopic (exact) mass is 449 g/mol. The van der Waals surface area contributed by atoms with Crippen molar-refractivity contribution in [3.63, 3.8) is 0 Å². The fourth-order valence-electron chi connectivity index (χ4n) is 6.06. The second-order valence-electron chi connectivity index (χ2n) is 9.69. The van der Waals surface area contributed by atoms with Crippen molar-refractivity contribution >= 4 is 38.1 Å². The molecule has 168 valence electrons. The van der Waals surface area contributed by atoms with Crippen LogP contribution in [0.4, 0.5) is 0 Å². The molecule has 0 atom stereocenters. The van der Waals surface area contributed by atoms with Crippen molar-refractivity contribution in [2.24, 2.45) is 0 Å². The van der Waals surface area contributed by atoms with Gasteiger partial charge in [-0.1, -0.05) is 92.2 Å². The van der Waals surface area contributed by atoms with Crippen molar-refractivity contribution < 1.29 is 0 Å². The maximum Gasteiger partial charge on any atom is 0.0623 e. The predicted molar refractivity (Wildman–Crippen MR) is 151 cm³/mol. The van der Waals surface area contributed by atoms with Gasteiger partial charge in [-0.3, -0.25) is 0 Å². The Labute approximate surface area is 205 Å². The van der Waals surface area contributed by atoms with Crippen LogP contribution in [0.1, 0.15) is 24.5 Å². The first-order chi connectivity index (χ1) is 17.3. The van der Waals surface area contributed by atoms with E-state index in [4.69, 9.17) is 0 Å². The molecule has 0 N–H and O–H groups in total. The molecule has 1 heteroatoms. The molecule has 0 radical (unpaired) electrons. The maximum atomic E-state index is 2.49. The highest BCUT2D eigenvalue weighted by atomic mass is 14.9. The zero-order chi connectivity index (χ0) is 23.5. The standard InChI is InChI=1S/C34H27N/c1-3-11-26-29(28-20-24(19-18-22(28)2)23-12-5-4-6-13-23)21-30-25-14-7-9-16-31(25)35-32-17-10-8-15-27(32)33(26)34(30)35/h4-10,12-21H,3,11H2,1-2H3. The van der Waals surface area contributed by atoms with Crippen LogP contribution in [0.3, 0.4) is 0 Å². The van der Waals surface area contributed by atoms with Crippen molar-refractivity contribution in [2.75, 3.05) is 0 Å². The van der Waals surface area contributed by atoms with Crippen molar-refractivity contribution in [2.45, 2.75) is 26.7 Å². The summed E-state index contributed by atoms with van der Waals surface area (Å²) in [6, 6.07) is 38.0. The van der Waals surface area contributed by atoms with Crippen LogP contribution in [-0.2, 0) is 6.42 Å². The molecule has 5 aromatic carbocycles. The normalized spacial score (nSPS) is 11.9. The lowest BCUT2D eigenvalue weighted by molar-refractivity contribution is 0.932. The number of fused-ring (bicyclic) bond motifs is 6. The largest absolute Gasteiger partial charge is 0.308 e. The fourth-order valence-corrected chi connectivity index (χ4v) is 6.06. The van der Waals surface area contributed by atoms with Crippen LogP contribution in [0.25, 0.3) is 60.3 Å². The Morgan fingerprint density at radius 2 is 1.29 bits per heavy atom. The van der Waals surface area contributed by atoms with E-state index in [-0.39, 0.29) is 0 Å². The van der Waals surface area contributed by atoms with Gasteiger partial charge in [0.1, 0.15) is 0 Å². The summed E-state index contributed by atoms with van der Waals surface area (Å²) < 4.78 is 2.49. The molecule has 0 aliphatic heterocycles. The number of hydrogen-bond acceptors (Lipinski definition) is 0. The summed E-state index contributed by atoms with van der Waals surface area (Å²) in [7, 11) is 0. The number of nitrogens with zero attached hydrogens (tertiary/aromatic N) is 1. The van der Waals surface area contributed by atoms with Crippen LogP contribution in [0.15, 0.2) is 103 Å². The van der Waals surface area contributed by atoms with Crippen LogP contribution in [0, 0.1) is 6.92 Å². The van der Waals surface area contributed by atoms with E-state index in [0.717, 1.165) is 12.8 Å². The lowest BCUT2D eigenvalue weighted by Gasteiger charge is -2.16. The van der Waals surface area contributed by atoms with E-state index in [2.05, 4.69) is 121 Å². The summed E-state index contributed by atoms with van der Waals surface area (Å²) in [6.45, 7) is 4.55. The van der Waals surface area contributed by atoms with Crippen molar-refractivity contribution in [3.05, 3.63) is 114 Å². The summed E-state index contributed by atoms with van der Waals surface area (Å²) in [6.07, 6.45) is 2.18. The molecular formula is C34H27N. The zero-order valence-corrected chi connectivity index (χ0v) is 20.2. The average molecular weight is 450 g/mol. The van der Waals surface area contributed by atoms with Gasteiger partial charge in [0.05, 0.1) is 16.6 Å². The fraction of sp³-hybridized carbons (Fsp3) is 0.118. The van der Waals surface area contributed by atoms with Crippen LogP contribution >= 0.6 is 0 Å². The van der Waals surface area contributed by atoms with Gasteiger partial charge in [-0.2, -0.15) is 0 Å². The highest BCUT2D eigenvalue weighted by molar-refractivity contribution is 6.25. The number of aromatic nitrogens is 1. The van der Waals surface area contributed by atoms with E-state index in [1.807, 2.05) is 0 Å². The van der Waals surface area contributed by atoms with Gasteiger partial charge in [-0.05, 0) is 71.0 Å². The number of aryl methyl sites for hydroxylation is 2. The molecule has 0 bridgehead atoms. The minimum absolute atomic E-state index is 1.06. The van der Waals surface area contributed by atoms with Crippen LogP contribution in [-0.4, -0.2) is 4.40 Å². The summed E-state index contributed by atoms with van der Waals surface area (Å²) in [5.74, 6) is 0. The molecule has 0 spiro atoms. The predicted octanol–water partition coefficient (Wildman–Crippen LogP) is 9.43. The molecule has 2 aromatic heterocycles. The molecule has 0 aliphatic rings. The van der Waals surface area contributed by atoms with E-state index in [0.29, 0.717) is 0 Å². The van der Waals surface area contributed by atoms with Crippen molar-refractivity contribution in [3.8, 4) is 22.3 Å². The highest BCUT2D eigenvalue weighted by Gasteiger charge is 2.23. The topological polar surface area (TPSA) is 4.41 Å². The molecule has 0 aliphatic carbocycles. The Morgan fingerprint density at radius 1 is 0.600 bits per heavy atom. The first-order valence-electron chi connectivity index (χ1n) is 12.6. The molecule has 0 amide bonds. The molecule has 7 rings (SSSR count). The molecule has 7 aromatic rings. The lowest BCUT2D eigenvalue weighted by Crippen LogP contribution is -1.94. The van der Waals surface area contributed by atoms with Gasteiger partial charge in [0.2, 0.25) is 0 Å². The first kappa shape index (κ1) is 20.3. The van der Waals surface area contributed by atoms with Gasteiger partial charge < -0.3 is 4.40 Å². The summed E-state index contributed by atoms with van der Waals surface area (Å²) in [5.41, 5.74) is 12.0. The number of hydrogen-bond donors (Lipinski definition) is 0. The Kier molecular flexibility index (Phi) is 4.47.